The van der Waals surface area contributed by atoms with Gasteiger partial charge in [0.05, 0.1) is 0 Å². The van der Waals surface area contributed by atoms with E-state index >= 15 is 0 Å². The third-order valence-electron chi connectivity index (χ3n) is 5.85. The maximum Gasteiger partial charge on any atom is 0.311 e. The van der Waals surface area contributed by atoms with Gasteiger partial charge in [-0.15, -0.1) is 0 Å². The molecule has 0 saturated carbocycles. The Morgan fingerprint density at radius 1 is 1.00 bits per heavy atom. The predicted octanol–water partition coefficient (Wildman–Crippen LogP) is 7.70. The molecule has 1 aliphatic carbocycles. The van der Waals surface area contributed by atoms with Crippen molar-refractivity contribution in [2.24, 2.45) is 5.92 Å². The Kier molecular flexibility index (Phi) is 7.71. The summed E-state index contributed by atoms with van der Waals surface area (Å²) in [5, 5.41) is 2.33. The molecular weight excluding hydrogens is 344 g/mol. The maximum atomic E-state index is 11.7. The molecule has 0 aromatic heterocycles. The molecule has 150 valence electrons. The molecule has 2 nitrogen and oxygen atoms in total. The second-order valence-corrected chi connectivity index (χ2v) is 8.17. The Bertz CT molecular complexity index is 818. The fourth-order valence-corrected chi connectivity index (χ4v) is 4.15. The summed E-state index contributed by atoms with van der Waals surface area (Å²) in [6.07, 6.45) is 14.4. The smallest absolute Gasteiger partial charge is 0.311 e. The highest BCUT2D eigenvalue weighted by Gasteiger charge is 2.15. The molecule has 0 aliphatic heterocycles. The number of rotatable bonds is 9. The average molecular weight is 379 g/mol. The van der Waals surface area contributed by atoms with Crippen LogP contribution in [0.3, 0.4) is 0 Å². The highest BCUT2D eigenvalue weighted by molar-refractivity contribution is 5.88. The topological polar surface area (TPSA) is 26.3 Å². The minimum Gasteiger partial charge on any atom is -0.427 e. The van der Waals surface area contributed by atoms with Crippen LogP contribution in [-0.4, -0.2) is 5.97 Å². The molecule has 0 saturated heterocycles. The first kappa shape index (κ1) is 20.6. The number of esters is 1. The zero-order chi connectivity index (χ0) is 19.8. The Hall–Kier alpha value is -2.09. The monoisotopic (exact) mass is 378 g/mol. The van der Waals surface area contributed by atoms with E-state index in [-0.39, 0.29) is 5.97 Å². The molecule has 1 atom stereocenters. The lowest BCUT2D eigenvalue weighted by atomic mass is 9.83. The Morgan fingerprint density at radius 3 is 2.57 bits per heavy atom. The molecule has 3 rings (SSSR count). The standard InChI is InChI=1S/C26H34O2/c1-3-5-6-7-9-20-10-12-21(13-11-20)22-14-15-24-19-25(17-16-23(24)18-22)28-26(27)8-4-2/h12,14-20H,3-11,13H2,1-2H3. The van der Waals surface area contributed by atoms with Crippen molar-refractivity contribution in [1.29, 1.82) is 0 Å². The van der Waals surface area contributed by atoms with E-state index in [1.54, 1.807) is 0 Å². The van der Waals surface area contributed by atoms with Gasteiger partial charge in [0.1, 0.15) is 5.75 Å². The van der Waals surface area contributed by atoms with Crippen molar-refractivity contribution in [3.8, 4) is 5.75 Å². The van der Waals surface area contributed by atoms with Crippen molar-refractivity contribution in [3.05, 3.63) is 48.0 Å². The predicted molar refractivity (Wildman–Crippen MR) is 119 cm³/mol. The molecule has 1 aliphatic rings. The summed E-state index contributed by atoms with van der Waals surface area (Å²) in [4.78, 5) is 11.7. The maximum absolute atomic E-state index is 11.7. The summed E-state index contributed by atoms with van der Waals surface area (Å²) in [7, 11) is 0. The number of carbonyl (C=O) groups is 1. The van der Waals surface area contributed by atoms with Gasteiger partial charge in [0.25, 0.3) is 0 Å². The molecule has 0 amide bonds. The lowest BCUT2D eigenvalue weighted by Crippen LogP contribution is -2.06. The third-order valence-corrected chi connectivity index (χ3v) is 5.85. The lowest BCUT2D eigenvalue weighted by molar-refractivity contribution is -0.134. The van der Waals surface area contributed by atoms with E-state index in [2.05, 4.69) is 37.3 Å². The van der Waals surface area contributed by atoms with Crippen LogP contribution in [0.5, 0.6) is 5.75 Å². The van der Waals surface area contributed by atoms with Crippen molar-refractivity contribution in [1.82, 2.24) is 0 Å². The van der Waals surface area contributed by atoms with E-state index in [9.17, 15) is 4.79 Å². The first-order valence-corrected chi connectivity index (χ1v) is 11.1. The molecule has 0 fully saturated rings. The molecule has 2 aromatic carbocycles. The van der Waals surface area contributed by atoms with Gasteiger partial charge in [0, 0.05) is 6.42 Å². The van der Waals surface area contributed by atoms with Crippen LogP contribution in [0, 0.1) is 5.92 Å². The number of ether oxygens (including phenoxy) is 1. The number of benzene rings is 2. The summed E-state index contributed by atoms with van der Waals surface area (Å²) in [6, 6.07) is 12.6. The quantitative estimate of drug-likeness (QED) is 0.254. The van der Waals surface area contributed by atoms with Crippen molar-refractivity contribution in [3.63, 3.8) is 0 Å². The Labute approximate surface area is 170 Å². The molecule has 0 N–H and O–H groups in total. The molecule has 1 unspecified atom stereocenters. The third kappa shape index (κ3) is 5.70. The van der Waals surface area contributed by atoms with Gasteiger partial charge in [0.15, 0.2) is 0 Å². The van der Waals surface area contributed by atoms with Crippen molar-refractivity contribution >= 4 is 22.3 Å². The number of hydrogen-bond acceptors (Lipinski definition) is 2. The molecule has 28 heavy (non-hydrogen) atoms. The Balaban J connectivity index is 1.63. The van der Waals surface area contributed by atoms with Gasteiger partial charge in [-0.05, 0) is 71.7 Å². The van der Waals surface area contributed by atoms with Crippen LogP contribution in [0.2, 0.25) is 0 Å². The van der Waals surface area contributed by atoms with Gasteiger partial charge in [-0.2, -0.15) is 0 Å². The molecule has 0 bridgehead atoms. The zero-order valence-electron chi connectivity index (χ0n) is 17.5. The van der Waals surface area contributed by atoms with Crippen molar-refractivity contribution in [2.45, 2.75) is 78.1 Å². The van der Waals surface area contributed by atoms with Crippen LogP contribution < -0.4 is 4.74 Å². The molecule has 0 spiro atoms. The van der Waals surface area contributed by atoms with Gasteiger partial charge in [-0.1, -0.05) is 70.2 Å². The normalized spacial score (nSPS) is 16.8. The average Bonchev–Trinajstić information content (AvgIpc) is 2.71. The number of carbonyl (C=O) groups excluding carboxylic acids is 1. The van der Waals surface area contributed by atoms with E-state index in [1.165, 1.54) is 67.9 Å². The molecule has 0 heterocycles. The van der Waals surface area contributed by atoms with Gasteiger partial charge in [-0.25, -0.2) is 0 Å². The second kappa shape index (κ2) is 10.5. The van der Waals surface area contributed by atoms with E-state index < -0.39 is 0 Å². The van der Waals surface area contributed by atoms with E-state index in [0.717, 1.165) is 17.7 Å². The van der Waals surface area contributed by atoms with Gasteiger partial charge >= 0.3 is 5.97 Å². The van der Waals surface area contributed by atoms with E-state index in [4.69, 9.17) is 4.74 Å². The minimum absolute atomic E-state index is 0.157. The number of unbranched alkanes of at least 4 members (excludes halogenated alkanes) is 3. The highest BCUT2D eigenvalue weighted by atomic mass is 16.5. The fraction of sp³-hybridized carbons (Fsp3) is 0.500. The first-order chi connectivity index (χ1) is 13.7. The lowest BCUT2D eigenvalue weighted by Gasteiger charge is -2.22. The molecule has 2 aromatic rings. The van der Waals surface area contributed by atoms with Gasteiger partial charge < -0.3 is 4.74 Å². The molecule has 2 heteroatoms. The van der Waals surface area contributed by atoms with E-state index in [1.807, 2.05) is 19.1 Å². The summed E-state index contributed by atoms with van der Waals surface area (Å²) < 4.78 is 5.42. The zero-order valence-corrected chi connectivity index (χ0v) is 17.5. The summed E-state index contributed by atoms with van der Waals surface area (Å²) in [5.41, 5.74) is 2.83. The molecular formula is C26H34O2. The van der Waals surface area contributed by atoms with Crippen LogP contribution >= 0.6 is 0 Å². The minimum atomic E-state index is -0.157. The van der Waals surface area contributed by atoms with Crippen LogP contribution in [0.15, 0.2) is 42.5 Å². The van der Waals surface area contributed by atoms with Gasteiger partial charge in [-0.3, -0.25) is 4.79 Å². The van der Waals surface area contributed by atoms with Crippen LogP contribution in [-0.2, 0) is 4.79 Å². The Morgan fingerprint density at radius 2 is 1.82 bits per heavy atom. The summed E-state index contributed by atoms with van der Waals surface area (Å²) in [5.74, 6) is 1.36. The SMILES string of the molecule is CCCCCCC1CC=C(c2ccc3cc(OC(=O)CCC)ccc3c2)CC1. The van der Waals surface area contributed by atoms with Crippen LogP contribution in [0.25, 0.3) is 16.3 Å². The first-order valence-electron chi connectivity index (χ1n) is 11.1. The largest absolute Gasteiger partial charge is 0.427 e. The number of hydrogen-bond donors (Lipinski definition) is 0. The second-order valence-electron chi connectivity index (χ2n) is 8.17. The fourth-order valence-electron chi connectivity index (χ4n) is 4.15. The van der Waals surface area contributed by atoms with Crippen molar-refractivity contribution in [2.75, 3.05) is 0 Å². The summed E-state index contributed by atoms with van der Waals surface area (Å²) in [6.45, 7) is 4.26. The number of fused-ring (bicyclic) bond motifs is 1. The molecule has 0 radical (unpaired) electrons. The number of allylic oxidation sites excluding steroid dienone is 2. The summed E-state index contributed by atoms with van der Waals surface area (Å²) >= 11 is 0. The van der Waals surface area contributed by atoms with Crippen LogP contribution in [0.1, 0.15) is 83.6 Å². The highest BCUT2D eigenvalue weighted by Crippen LogP contribution is 2.34. The van der Waals surface area contributed by atoms with Crippen LogP contribution in [0.4, 0.5) is 0 Å². The van der Waals surface area contributed by atoms with E-state index in [0.29, 0.717) is 12.2 Å². The van der Waals surface area contributed by atoms with Crippen molar-refractivity contribution < 1.29 is 9.53 Å². The van der Waals surface area contributed by atoms with Gasteiger partial charge in [0.2, 0.25) is 0 Å².